The highest BCUT2D eigenvalue weighted by Crippen LogP contribution is 2.32. The molecule has 0 aliphatic carbocycles. The van der Waals surface area contributed by atoms with Gasteiger partial charge in [-0.05, 0) is 83.1 Å². The largest absolute Gasteiger partial charge is 0.491 e. The Morgan fingerprint density at radius 2 is 1.31 bits per heavy atom. The van der Waals surface area contributed by atoms with E-state index in [9.17, 15) is 19.2 Å². The van der Waals surface area contributed by atoms with Gasteiger partial charge in [-0.15, -0.1) is 0 Å². The second kappa shape index (κ2) is 19.5. The average molecular weight is 836 g/mol. The van der Waals surface area contributed by atoms with Crippen molar-refractivity contribution in [2.24, 2.45) is 11.5 Å². The molecular formula is C42H53N13O6. The lowest BCUT2D eigenvalue weighted by Gasteiger charge is -2.20. The number of allylic oxidation sites excluding steroid dienone is 2. The van der Waals surface area contributed by atoms with E-state index in [4.69, 9.17) is 25.9 Å². The molecule has 322 valence electrons. The lowest BCUT2D eigenvalue weighted by Crippen LogP contribution is -2.29. The van der Waals surface area contributed by atoms with Gasteiger partial charge in [-0.1, -0.05) is 19.1 Å². The SMILES string of the molecule is CCN(CCCOc1cc(C(N)=O)cc2nc(NC(=O)c3cc(C)nn3CC)n(C/C=C/Cn3c(NC(=O)c4cc(C)nn4CC)nc4cc(C(N)=O)ccc43)c12)CCOC. The monoisotopic (exact) mass is 835 g/mol. The molecule has 4 heterocycles. The highest BCUT2D eigenvalue weighted by Gasteiger charge is 2.23. The molecule has 0 radical (unpaired) electrons. The van der Waals surface area contributed by atoms with E-state index >= 15 is 0 Å². The lowest BCUT2D eigenvalue weighted by atomic mass is 10.1. The molecule has 0 fully saturated rings. The number of amides is 4. The number of ether oxygens (including phenoxy) is 2. The van der Waals surface area contributed by atoms with E-state index in [1.54, 1.807) is 68.1 Å². The van der Waals surface area contributed by atoms with E-state index in [2.05, 4.69) is 37.6 Å². The number of nitrogens with one attached hydrogen (secondary N) is 2. The number of anilines is 2. The van der Waals surface area contributed by atoms with Crippen LogP contribution < -0.4 is 26.8 Å². The number of hydrogen-bond acceptors (Lipinski definition) is 11. The number of rotatable bonds is 21. The number of nitrogens with zero attached hydrogens (tertiary/aromatic N) is 9. The molecule has 2 aromatic carbocycles. The summed E-state index contributed by atoms with van der Waals surface area (Å²) in [5, 5.41) is 14.7. The molecule has 19 nitrogen and oxygen atoms in total. The van der Waals surface area contributed by atoms with Crippen molar-refractivity contribution in [3.05, 3.63) is 88.5 Å². The average Bonchev–Trinajstić information content (AvgIpc) is 4.00. The van der Waals surface area contributed by atoms with Crippen LogP contribution in [0, 0.1) is 13.8 Å². The Balaban J connectivity index is 1.35. The van der Waals surface area contributed by atoms with Crippen LogP contribution in [-0.2, 0) is 30.9 Å². The molecule has 6 rings (SSSR count). The summed E-state index contributed by atoms with van der Waals surface area (Å²) in [5.41, 5.74) is 16.0. The first-order chi connectivity index (χ1) is 29.3. The standard InChI is InChI=1S/C42H53N13O6/c1-7-51(18-20-60-6)15-12-19-61-35-25-29(38(44)57)24-31-36(35)53(42(46-31)48-40(59)34-22-27(5)50-55(34)9-3)17-11-10-16-52-32-14-13-28(37(43)56)23-30(32)45-41(52)47-39(58)33-21-26(4)49-54(33)8-2/h10-11,13-14,21-25H,7-9,12,15-20H2,1-6H3,(H2,43,56)(H2,44,57)(H,45,47,58)(H,46,48,59)/b11-10+. The van der Waals surface area contributed by atoms with Crippen molar-refractivity contribution in [3.63, 3.8) is 0 Å². The highest BCUT2D eigenvalue weighted by atomic mass is 16.5. The van der Waals surface area contributed by atoms with Crippen LogP contribution in [0.15, 0.2) is 54.6 Å². The Morgan fingerprint density at radius 3 is 1.89 bits per heavy atom. The fourth-order valence-electron chi connectivity index (χ4n) is 7.07. The third-order valence-electron chi connectivity index (χ3n) is 10.1. The molecule has 6 N–H and O–H groups in total. The van der Waals surface area contributed by atoms with E-state index in [0.717, 1.165) is 19.6 Å². The van der Waals surface area contributed by atoms with Gasteiger partial charge in [0.05, 0.1) is 41.2 Å². The number of hydrogen-bond donors (Lipinski definition) is 4. The van der Waals surface area contributed by atoms with Gasteiger partial charge in [-0.3, -0.25) is 39.2 Å². The highest BCUT2D eigenvalue weighted by molar-refractivity contribution is 6.05. The van der Waals surface area contributed by atoms with Crippen molar-refractivity contribution in [1.29, 1.82) is 0 Å². The fourth-order valence-corrected chi connectivity index (χ4v) is 7.07. The summed E-state index contributed by atoms with van der Waals surface area (Å²) in [5.74, 6) is -1.25. The van der Waals surface area contributed by atoms with E-state index in [1.807, 2.05) is 39.8 Å². The number of primary amides is 2. The van der Waals surface area contributed by atoms with E-state index in [-0.39, 0.29) is 36.1 Å². The predicted octanol–water partition coefficient (Wildman–Crippen LogP) is 4.13. The number of aromatic nitrogens is 8. The van der Waals surface area contributed by atoms with Crippen molar-refractivity contribution in [2.45, 2.75) is 67.2 Å². The van der Waals surface area contributed by atoms with Crippen molar-refractivity contribution in [2.75, 3.05) is 50.6 Å². The normalized spacial score (nSPS) is 11.7. The maximum Gasteiger partial charge on any atom is 0.276 e. The quantitative estimate of drug-likeness (QED) is 0.0594. The van der Waals surface area contributed by atoms with Gasteiger partial charge in [0.25, 0.3) is 11.8 Å². The van der Waals surface area contributed by atoms with Crippen LogP contribution in [-0.4, -0.2) is 107 Å². The van der Waals surface area contributed by atoms with Crippen LogP contribution in [0.25, 0.3) is 22.1 Å². The maximum absolute atomic E-state index is 13.8. The first kappa shape index (κ1) is 43.7. The van der Waals surface area contributed by atoms with Gasteiger partial charge in [0.2, 0.25) is 23.7 Å². The molecule has 0 aliphatic rings. The van der Waals surface area contributed by atoms with Gasteiger partial charge < -0.3 is 35.0 Å². The number of methoxy groups -OCH3 is 1. The summed E-state index contributed by atoms with van der Waals surface area (Å²) < 4.78 is 18.4. The summed E-state index contributed by atoms with van der Waals surface area (Å²) in [4.78, 5) is 63.6. The van der Waals surface area contributed by atoms with E-state index in [0.29, 0.717) is 83.3 Å². The number of imidazole rings is 2. The summed E-state index contributed by atoms with van der Waals surface area (Å²) in [6, 6.07) is 11.5. The van der Waals surface area contributed by atoms with Crippen LogP contribution in [0.2, 0.25) is 0 Å². The van der Waals surface area contributed by atoms with Gasteiger partial charge in [0.1, 0.15) is 22.7 Å². The molecule has 0 spiro atoms. The number of benzene rings is 2. The second-order valence-electron chi connectivity index (χ2n) is 14.3. The minimum atomic E-state index is -0.654. The number of nitrogens with two attached hydrogens (primary N) is 2. The topological polar surface area (TPSA) is 237 Å². The third-order valence-corrected chi connectivity index (χ3v) is 10.1. The van der Waals surface area contributed by atoms with Gasteiger partial charge in [0, 0.05) is 57.5 Å². The zero-order valence-corrected chi connectivity index (χ0v) is 35.4. The predicted molar refractivity (Wildman–Crippen MR) is 231 cm³/mol. The molecule has 0 atom stereocenters. The molecule has 0 aliphatic heterocycles. The Kier molecular flexibility index (Phi) is 14.0. The van der Waals surface area contributed by atoms with Crippen molar-refractivity contribution < 1.29 is 28.7 Å². The van der Waals surface area contributed by atoms with Gasteiger partial charge in [-0.25, -0.2) is 9.97 Å². The molecule has 0 saturated carbocycles. The van der Waals surface area contributed by atoms with Crippen LogP contribution in [0.5, 0.6) is 5.75 Å². The molecular weight excluding hydrogens is 783 g/mol. The van der Waals surface area contributed by atoms with Crippen LogP contribution in [0.3, 0.4) is 0 Å². The minimum Gasteiger partial charge on any atom is -0.491 e. The van der Waals surface area contributed by atoms with Crippen molar-refractivity contribution >= 4 is 57.6 Å². The number of likely N-dealkylation sites (N-methyl/N-ethyl adjacent to an activating group) is 1. The Bertz CT molecular complexity index is 2600. The van der Waals surface area contributed by atoms with E-state index in [1.165, 1.54) is 0 Å². The molecule has 19 heteroatoms. The first-order valence-corrected chi connectivity index (χ1v) is 20.2. The Hall–Kier alpha value is -6.86. The Morgan fingerprint density at radius 1 is 0.738 bits per heavy atom. The zero-order chi connectivity index (χ0) is 43.8. The first-order valence-electron chi connectivity index (χ1n) is 20.2. The molecule has 6 aromatic rings. The maximum atomic E-state index is 13.8. The number of carbonyl (C=O) groups is 4. The van der Waals surface area contributed by atoms with Crippen molar-refractivity contribution in [1.82, 2.24) is 43.6 Å². The molecule has 0 unspecified atom stereocenters. The summed E-state index contributed by atoms with van der Waals surface area (Å²) in [6.07, 6.45) is 4.45. The minimum absolute atomic E-state index is 0.195. The van der Waals surface area contributed by atoms with E-state index < -0.39 is 23.6 Å². The molecule has 61 heavy (non-hydrogen) atoms. The summed E-state index contributed by atoms with van der Waals surface area (Å²) in [7, 11) is 1.67. The molecule has 4 aromatic heterocycles. The lowest BCUT2D eigenvalue weighted by molar-refractivity contribution is 0.0992. The Labute approximate surface area is 352 Å². The van der Waals surface area contributed by atoms with Crippen LogP contribution in [0.1, 0.15) is 80.3 Å². The zero-order valence-electron chi connectivity index (χ0n) is 35.4. The van der Waals surface area contributed by atoms with Crippen LogP contribution in [0.4, 0.5) is 11.9 Å². The van der Waals surface area contributed by atoms with Crippen molar-refractivity contribution in [3.8, 4) is 5.75 Å². The summed E-state index contributed by atoms with van der Waals surface area (Å²) in [6.45, 7) is 14.3. The molecule has 4 amide bonds. The van der Waals surface area contributed by atoms with Gasteiger partial charge in [-0.2, -0.15) is 10.2 Å². The summed E-state index contributed by atoms with van der Waals surface area (Å²) >= 11 is 0. The van der Waals surface area contributed by atoms with Gasteiger partial charge in [0.15, 0.2) is 0 Å². The number of carbonyl (C=O) groups excluding carboxylic acids is 4. The number of fused-ring (bicyclic) bond motifs is 2. The van der Waals surface area contributed by atoms with Crippen LogP contribution >= 0.6 is 0 Å². The third kappa shape index (κ3) is 9.96. The molecule has 0 saturated heterocycles. The smallest absolute Gasteiger partial charge is 0.276 e. The second-order valence-corrected chi connectivity index (χ2v) is 14.3. The molecule has 0 bridgehead atoms. The van der Waals surface area contributed by atoms with Gasteiger partial charge >= 0.3 is 0 Å². The number of aryl methyl sites for hydroxylation is 4. The fraction of sp³-hybridized carbons (Fsp3) is 0.381.